The first-order chi connectivity index (χ1) is 7.83. The van der Waals surface area contributed by atoms with Crippen molar-refractivity contribution in [1.29, 1.82) is 0 Å². The molecule has 2 rings (SSSR count). The summed E-state index contributed by atoms with van der Waals surface area (Å²) in [4.78, 5) is 11.6. The number of rotatable bonds is 5. The van der Waals surface area contributed by atoms with Crippen LogP contribution in [0.25, 0.3) is 11.1 Å². The van der Waals surface area contributed by atoms with Gasteiger partial charge in [0.15, 0.2) is 5.58 Å². The lowest BCUT2D eigenvalue weighted by Crippen LogP contribution is -2.19. The van der Waals surface area contributed by atoms with Crippen molar-refractivity contribution in [2.45, 2.75) is 19.9 Å². The van der Waals surface area contributed by atoms with Gasteiger partial charge in [0.05, 0.1) is 5.52 Å². The number of benzene rings is 1. The van der Waals surface area contributed by atoms with Gasteiger partial charge >= 0.3 is 5.76 Å². The van der Waals surface area contributed by atoms with Crippen molar-refractivity contribution < 1.29 is 4.42 Å². The number of hydrogen-bond acceptors (Lipinski definition) is 3. The normalized spacial score (nSPS) is 11.1. The van der Waals surface area contributed by atoms with E-state index in [1.54, 1.807) is 4.57 Å². The molecule has 1 N–H and O–H groups in total. The molecule has 0 aliphatic carbocycles. The van der Waals surface area contributed by atoms with Crippen LogP contribution in [0.4, 0.5) is 0 Å². The van der Waals surface area contributed by atoms with Crippen LogP contribution in [-0.4, -0.2) is 17.7 Å². The van der Waals surface area contributed by atoms with E-state index in [9.17, 15) is 4.79 Å². The number of oxazole rings is 1. The van der Waals surface area contributed by atoms with E-state index in [0.717, 1.165) is 25.0 Å². The van der Waals surface area contributed by atoms with Crippen LogP contribution in [0.15, 0.2) is 33.5 Å². The summed E-state index contributed by atoms with van der Waals surface area (Å²) in [6.07, 6.45) is 0.928. The maximum atomic E-state index is 11.6. The second-order valence-corrected chi connectivity index (χ2v) is 3.69. The van der Waals surface area contributed by atoms with Crippen LogP contribution in [0.3, 0.4) is 0 Å². The molecule has 0 aliphatic heterocycles. The summed E-state index contributed by atoms with van der Waals surface area (Å²) in [5, 5.41) is 3.23. The van der Waals surface area contributed by atoms with Crippen molar-refractivity contribution in [2.75, 3.05) is 13.1 Å². The molecular weight excluding hydrogens is 204 g/mol. The third-order valence-corrected chi connectivity index (χ3v) is 2.56. The Morgan fingerprint density at radius 3 is 3.00 bits per heavy atom. The van der Waals surface area contributed by atoms with E-state index in [1.165, 1.54) is 0 Å². The van der Waals surface area contributed by atoms with Crippen LogP contribution in [0.5, 0.6) is 0 Å². The third-order valence-electron chi connectivity index (χ3n) is 2.56. The first-order valence-electron chi connectivity index (χ1n) is 5.62. The Bertz CT molecular complexity index is 513. The molecule has 1 heterocycles. The molecule has 0 aliphatic rings. The van der Waals surface area contributed by atoms with Gasteiger partial charge in [-0.1, -0.05) is 19.1 Å². The molecular formula is C12H16N2O2. The summed E-state index contributed by atoms with van der Waals surface area (Å²) in [6.45, 7) is 4.64. The Balaban J connectivity index is 2.16. The van der Waals surface area contributed by atoms with Crippen LogP contribution in [0, 0.1) is 0 Å². The predicted octanol–water partition coefficient (Wildman–Crippen LogP) is 1.59. The van der Waals surface area contributed by atoms with E-state index in [0.29, 0.717) is 12.1 Å². The van der Waals surface area contributed by atoms with Gasteiger partial charge in [0.2, 0.25) is 0 Å². The van der Waals surface area contributed by atoms with E-state index in [1.807, 2.05) is 24.3 Å². The Hall–Kier alpha value is -1.55. The number of nitrogens with one attached hydrogen (secondary N) is 1. The van der Waals surface area contributed by atoms with Gasteiger partial charge in [-0.2, -0.15) is 0 Å². The average molecular weight is 220 g/mol. The van der Waals surface area contributed by atoms with Gasteiger partial charge in [0, 0.05) is 6.54 Å². The molecule has 0 bridgehead atoms. The van der Waals surface area contributed by atoms with E-state index in [4.69, 9.17) is 4.42 Å². The molecule has 0 atom stereocenters. The van der Waals surface area contributed by atoms with Crippen LogP contribution in [0.2, 0.25) is 0 Å². The molecule has 1 aromatic carbocycles. The van der Waals surface area contributed by atoms with Gasteiger partial charge in [-0.15, -0.1) is 0 Å². The number of hydrogen-bond donors (Lipinski definition) is 1. The highest BCUT2D eigenvalue weighted by Gasteiger charge is 2.06. The summed E-state index contributed by atoms with van der Waals surface area (Å²) in [5.41, 5.74) is 1.54. The molecule has 4 heteroatoms. The van der Waals surface area contributed by atoms with Crippen LogP contribution < -0.4 is 11.1 Å². The Morgan fingerprint density at radius 2 is 2.19 bits per heavy atom. The van der Waals surface area contributed by atoms with Gasteiger partial charge in [0.25, 0.3) is 0 Å². The zero-order chi connectivity index (χ0) is 11.4. The fourth-order valence-corrected chi connectivity index (χ4v) is 1.76. The fourth-order valence-electron chi connectivity index (χ4n) is 1.76. The largest absolute Gasteiger partial charge is 0.419 e. The highest BCUT2D eigenvalue weighted by molar-refractivity contribution is 5.72. The van der Waals surface area contributed by atoms with E-state index in [-0.39, 0.29) is 5.76 Å². The predicted molar refractivity (Wildman–Crippen MR) is 63.6 cm³/mol. The highest BCUT2D eigenvalue weighted by Crippen LogP contribution is 2.11. The van der Waals surface area contributed by atoms with Crippen molar-refractivity contribution in [3.63, 3.8) is 0 Å². The van der Waals surface area contributed by atoms with E-state index < -0.39 is 0 Å². The van der Waals surface area contributed by atoms with Gasteiger partial charge in [-0.05, 0) is 31.6 Å². The summed E-state index contributed by atoms with van der Waals surface area (Å²) < 4.78 is 6.83. The molecule has 0 spiro atoms. The standard InChI is InChI=1S/C12H16N2O2/c1-2-13-8-5-9-14-10-6-3-4-7-11(10)16-12(14)15/h3-4,6-7,13H,2,5,8-9H2,1H3. The maximum absolute atomic E-state index is 11.6. The number of fused-ring (bicyclic) bond motifs is 1. The second kappa shape index (κ2) is 4.99. The monoisotopic (exact) mass is 220 g/mol. The fraction of sp³-hybridized carbons (Fsp3) is 0.417. The summed E-state index contributed by atoms with van der Waals surface area (Å²) >= 11 is 0. The zero-order valence-corrected chi connectivity index (χ0v) is 9.40. The smallest absolute Gasteiger partial charge is 0.408 e. The van der Waals surface area contributed by atoms with Crippen molar-refractivity contribution in [3.05, 3.63) is 34.8 Å². The first-order valence-corrected chi connectivity index (χ1v) is 5.62. The molecule has 0 saturated carbocycles. The maximum Gasteiger partial charge on any atom is 0.419 e. The quantitative estimate of drug-likeness (QED) is 0.778. The number of aryl methyl sites for hydroxylation is 1. The molecule has 2 aromatic rings. The van der Waals surface area contributed by atoms with Crippen LogP contribution in [0.1, 0.15) is 13.3 Å². The Kier molecular flexibility index (Phi) is 3.41. The lowest BCUT2D eigenvalue weighted by Gasteiger charge is -2.02. The average Bonchev–Trinajstić information content (AvgIpc) is 2.61. The molecule has 0 saturated heterocycles. The SMILES string of the molecule is CCNCCCn1c(=O)oc2ccccc21. The number of aromatic nitrogens is 1. The van der Waals surface area contributed by atoms with Crippen LogP contribution >= 0.6 is 0 Å². The molecule has 4 nitrogen and oxygen atoms in total. The summed E-state index contributed by atoms with van der Waals surface area (Å²) in [6, 6.07) is 7.51. The minimum atomic E-state index is -0.266. The Morgan fingerprint density at radius 1 is 1.38 bits per heavy atom. The van der Waals surface area contributed by atoms with E-state index in [2.05, 4.69) is 12.2 Å². The van der Waals surface area contributed by atoms with Crippen LogP contribution in [-0.2, 0) is 6.54 Å². The molecule has 0 amide bonds. The number of para-hydroxylation sites is 2. The number of nitrogens with zero attached hydrogens (tertiary/aromatic N) is 1. The summed E-state index contributed by atoms with van der Waals surface area (Å²) in [5.74, 6) is -0.266. The van der Waals surface area contributed by atoms with Gasteiger partial charge in [-0.25, -0.2) is 4.79 Å². The third kappa shape index (κ3) is 2.17. The minimum Gasteiger partial charge on any atom is -0.408 e. The van der Waals surface area contributed by atoms with Crippen molar-refractivity contribution >= 4 is 11.1 Å². The zero-order valence-electron chi connectivity index (χ0n) is 9.40. The second-order valence-electron chi connectivity index (χ2n) is 3.69. The first kappa shape index (κ1) is 11.0. The van der Waals surface area contributed by atoms with Crippen molar-refractivity contribution in [3.8, 4) is 0 Å². The van der Waals surface area contributed by atoms with Gasteiger partial charge in [0.1, 0.15) is 0 Å². The molecule has 16 heavy (non-hydrogen) atoms. The van der Waals surface area contributed by atoms with Crippen molar-refractivity contribution in [2.24, 2.45) is 0 Å². The molecule has 0 fully saturated rings. The van der Waals surface area contributed by atoms with Gasteiger partial charge < -0.3 is 9.73 Å². The lowest BCUT2D eigenvalue weighted by atomic mass is 10.3. The molecule has 0 radical (unpaired) electrons. The summed E-state index contributed by atoms with van der Waals surface area (Å²) in [7, 11) is 0. The molecule has 0 unspecified atom stereocenters. The Labute approximate surface area is 93.9 Å². The molecule has 86 valence electrons. The van der Waals surface area contributed by atoms with E-state index >= 15 is 0 Å². The highest BCUT2D eigenvalue weighted by atomic mass is 16.4. The topological polar surface area (TPSA) is 47.2 Å². The lowest BCUT2D eigenvalue weighted by molar-refractivity contribution is 0.492. The molecule has 1 aromatic heterocycles. The van der Waals surface area contributed by atoms with Gasteiger partial charge in [-0.3, -0.25) is 4.57 Å². The van der Waals surface area contributed by atoms with Crippen molar-refractivity contribution in [1.82, 2.24) is 9.88 Å². The minimum absolute atomic E-state index is 0.266.